The molecule has 0 saturated heterocycles. The fourth-order valence-corrected chi connectivity index (χ4v) is 2.26. The zero-order valence-electron chi connectivity index (χ0n) is 7.77. The van der Waals surface area contributed by atoms with Gasteiger partial charge in [0, 0.05) is 13.1 Å². The molecule has 1 aliphatic rings. The van der Waals surface area contributed by atoms with Gasteiger partial charge >= 0.3 is 0 Å². The Kier molecular flexibility index (Phi) is 3.10. The zero-order valence-corrected chi connectivity index (χ0v) is 10.0. The molecule has 5 heteroatoms. The molecular weight excluding hydrogens is 256 g/mol. The van der Waals surface area contributed by atoms with Gasteiger partial charge in [0.2, 0.25) is 5.91 Å². The van der Waals surface area contributed by atoms with Crippen LogP contribution in [-0.2, 0) is 17.9 Å². The Bertz CT molecular complexity index is 419. The first kappa shape index (κ1) is 11.1. The molecule has 1 aliphatic heterocycles. The molecule has 0 aromatic heterocycles. The lowest BCUT2D eigenvalue weighted by atomic mass is 10.1. The quantitative estimate of drug-likeness (QED) is 0.714. The minimum Gasteiger partial charge on any atom is -0.333 e. The van der Waals surface area contributed by atoms with Gasteiger partial charge in [-0.1, -0.05) is 29.3 Å². The normalized spacial score (nSPS) is 14.2. The molecule has 2 nitrogen and oxygen atoms in total. The summed E-state index contributed by atoms with van der Waals surface area (Å²) in [5.41, 5.74) is 1.98. The summed E-state index contributed by atoms with van der Waals surface area (Å²) in [6.07, 6.45) is 0. The van der Waals surface area contributed by atoms with E-state index in [1.165, 1.54) is 0 Å². The van der Waals surface area contributed by atoms with Crippen molar-refractivity contribution in [1.82, 2.24) is 4.90 Å². The first-order valence-electron chi connectivity index (χ1n) is 4.43. The van der Waals surface area contributed by atoms with Crippen LogP contribution in [0.25, 0.3) is 0 Å². The third-order valence-electron chi connectivity index (χ3n) is 2.47. The smallest absolute Gasteiger partial charge is 0.238 e. The molecule has 0 fully saturated rings. The lowest BCUT2D eigenvalue weighted by Gasteiger charge is -2.12. The van der Waals surface area contributed by atoms with Gasteiger partial charge in [-0.2, -0.15) is 0 Å². The molecule has 1 heterocycles. The zero-order chi connectivity index (χ0) is 11.0. The molecular formula is C10H8Cl3NO. The number of nitrogens with zero attached hydrogens (tertiary/aromatic N) is 1. The van der Waals surface area contributed by atoms with Gasteiger partial charge in [-0.3, -0.25) is 4.79 Å². The fourth-order valence-electron chi connectivity index (χ4n) is 1.66. The number of rotatable bonds is 1. The fraction of sp³-hybridized carbons (Fsp3) is 0.300. The van der Waals surface area contributed by atoms with E-state index in [-0.39, 0.29) is 11.8 Å². The number of carbonyl (C=O) groups is 1. The SMILES string of the molecule is O=C(CCl)N1Cc2ccc(Cl)c(Cl)c2C1. The van der Waals surface area contributed by atoms with Crippen molar-refractivity contribution >= 4 is 40.7 Å². The molecule has 2 rings (SSSR count). The Morgan fingerprint density at radius 3 is 2.73 bits per heavy atom. The maximum Gasteiger partial charge on any atom is 0.238 e. The molecule has 1 aromatic carbocycles. The summed E-state index contributed by atoms with van der Waals surface area (Å²) in [4.78, 5) is 13.1. The number of hydrogen-bond donors (Lipinski definition) is 0. The van der Waals surface area contributed by atoms with E-state index >= 15 is 0 Å². The minimum absolute atomic E-state index is 0.000655. The second-order valence-electron chi connectivity index (χ2n) is 3.38. The highest BCUT2D eigenvalue weighted by Crippen LogP contribution is 2.34. The summed E-state index contributed by atoms with van der Waals surface area (Å²) in [7, 11) is 0. The van der Waals surface area contributed by atoms with Crippen LogP contribution in [0.1, 0.15) is 11.1 Å². The van der Waals surface area contributed by atoms with Gasteiger partial charge in [-0.15, -0.1) is 11.6 Å². The van der Waals surface area contributed by atoms with E-state index in [0.29, 0.717) is 23.1 Å². The van der Waals surface area contributed by atoms with Crippen molar-refractivity contribution in [2.75, 3.05) is 5.88 Å². The van der Waals surface area contributed by atoms with Crippen LogP contribution in [0.15, 0.2) is 12.1 Å². The van der Waals surface area contributed by atoms with Gasteiger partial charge in [0.1, 0.15) is 5.88 Å². The van der Waals surface area contributed by atoms with Crippen molar-refractivity contribution in [1.29, 1.82) is 0 Å². The second-order valence-corrected chi connectivity index (χ2v) is 4.43. The molecule has 1 amide bonds. The Balaban J connectivity index is 2.31. The van der Waals surface area contributed by atoms with Gasteiger partial charge in [-0.05, 0) is 17.2 Å². The average molecular weight is 265 g/mol. The molecule has 0 saturated carbocycles. The van der Waals surface area contributed by atoms with Gasteiger partial charge < -0.3 is 4.90 Å². The van der Waals surface area contributed by atoms with E-state index in [0.717, 1.165) is 11.1 Å². The molecule has 15 heavy (non-hydrogen) atoms. The first-order valence-corrected chi connectivity index (χ1v) is 5.72. The van der Waals surface area contributed by atoms with Crippen LogP contribution in [0.4, 0.5) is 0 Å². The van der Waals surface area contributed by atoms with Crippen molar-refractivity contribution < 1.29 is 4.79 Å². The number of alkyl halides is 1. The van der Waals surface area contributed by atoms with E-state index in [4.69, 9.17) is 34.8 Å². The highest BCUT2D eigenvalue weighted by Gasteiger charge is 2.25. The minimum atomic E-state index is -0.0833. The van der Waals surface area contributed by atoms with E-state index in [9.17, 15) is 4.79 Å². The Labute approximate surface area is 103 Å². The van der Waals surface area contributed by atoms with Crippen LogP contribution >= 0.6 is 34.8 Å². The monoisotopic (exact) mass is 263 g/mol. The molecule has 80 valence electrons. The highest BCUT2D eigenvalue weighted by atomic mass is 35.5. The van der Waals surface area contributed by atoms with Gasteiger partial charge in [-0.25, -0.2) is 0 Å². The van der Waals surface area contributed by atoms with Crippen molar-refractivity contribution in [2.45, 2.75) is 13.1 Å². The number of carbonyl (C=O) groups excluding carboxylic acids is 1. The number of halogens is 3. The van der Waals surface area contributed by atoms with Crippen molar-refractivity contribution in [3.8, 4) is 0 Å². The number of hydrogen-bond acceptors (Lipinski definition) is 1. The molecule has 0 radical (unpaired) electrons. The van der Waals surface area contributed by atoms with Crippen molar-refractivity contribution in [3.63, 3.8) is 0 Å². The molecule has 1 aromatic rings. The third-order valence-corrected chi connectivity index (χ3v) is 3.54. The van der Waals surface area contributed by atoms with Crippen LogP contribution < -0.4 is 0 Å². The maximum absolute atomic E-state index is 11.4. The summed E-state index contributed by atoms with van der Waals surface area (Å²) in [5, 5.41) is 1.06. The predicted octanol–water partition coefficient (Wildman–Crippen LogP) is 3.07. The number of amides is 1. The first-order chi connectivity index (χ1) is 7.13. The van der Waals surface area contributed by atoms with Crippen LogP contribution in [-0.4, -0.2) is 16.7 Å². The molecule has 0 atom stereocenters. The summed E-state index contributed by atoms with van der Waals surface area (Å²) in [6.45, 7) is 1.07. The second kappa shape index (κ2) is 4.20. The lowest BCUT2D eigenvalue weighted by Crippen LogP contribution is -2.26. The van der Waals surface area contributed by atoms with Gasteiger partial charge in [0.05, 0.1) is 10.0 Å². The Morgan fingerprint density at radius 1 is 1.33 bits per heavy atom. The van der Waals surface area contributed by atoms with Gasteiger partial charge in [0.25, 0.3) is 0 Å². The van der Waals surface area contributed by atoms with Crippen molar-refractivity contribution in [3.05, 3.63) is 33.3 Å². The number of fused-ring (bicyclic) bond motifs is 1. The average Bonchev–Trinajstić information content (AvgIpc) is 2.67. The predicted molar refractivity (Wildman–Crippen MR) is 61.4 cm³/mol. The van der Waals surface area contributed by atoms with Crippen LogP contribution in [0.5, 0.6) is 0 Å². The maximum atomic E-state index is 11.4. The standard InChI is InChI=1S/C10H8Cl3NO/c11-3-9(15)14-4-6-1-2-8(12)10(13)7(6)5-14/h1-2H,3-5H2. The van der Waals surface area contributed by atoms with E-state index < -0.39 is 0 Å². The highest BCUT2D eigenvalue weighted by molar-refractivity contribution is 6.42. The Hall–Kier alpha value is -0.440. The van der Waals surface area contributed by atoms with Crippen LogP contribution in [0.3, 0.4) is 0 Å². The topological polar surface area (TPSA) is 20.3 Å². The van der Waals surface area contributed by atoms with E-state index in [1.807, 2.05) is 6.07 Å². The van der Waals surface area contributed by atoms with Crippen LogP contribution in [0, 0.1) is 0 Å². The summed E-state index contributed by atoms with van der Waals surface area (Å²) in [5.74, 6) is -0.0839. The summed E-state index contributed by atoms with van der Waals surface area (Å²) < 4.78 is 0. The van der Waals surface area contributed by atoms with Crippen LogP contribution in [0.2, 0.25) is 10.0 Å². The molecule has 0 spiro atoms. The molecule has 0 aliphatic carbocycles. The van der Waals surface area contributed by atoms with E-state index in [2.05, 4.69) is 0 Å². The summed E-state index contributed by atoms with van der Waals surface area (Å²) >= 11 is 17.4. The molecule has 0 unspecified atom stereocenters. The Morgan fingerprint density at radius 2 is 2.07 bits per heavy atom. The molecule has 0 bridgehead atoms. The van der Waals surface area contributed by atoms with Crippen molar-refractivity contribution in [2.24, 2.45) is 0 Å². The van der Waals surface area contributed by atoms with E-state index in [1.54, 1.807) is 11.0 Å². The van der Waals surface area contributed by atoms with Gasteiger partial charge in [0.15, 0.2) is 0 Å². The largest absolute Gasteiger partial charge is 0.333 e. The third kappa shape index (κ3) is 1.94. The molecule has 0 N–H and O–H groups in total. The summed E-state index contributed by atoms with van der Waals surface area (Å²) in [6, 6.07) is 3.64. The number of benzene rings is 1. The lowest BCUT2D eigenvalue weighted by molar-refractivity contribution is -0.129.